The van der Waals surface area contributed by atoms with E-state index < -0.39 is 5.92 Å². The third kappa shape index (κ3) is 2.21. The van der Waals surface area contributed by atoms with Gasteiger partial charge in [-0.15, -0.1) is 0 Å². The number of hydrogen-bond acceptors (Lipinski definition) is 3. The third-order valence-corrected chi connectivity index (χ3v) is 6.13. The van der Waals surface area contributed by atoms with Gasteiger partial charge < -0.3 is 0 Å². The van der Waals surface area contributed by atoms with Gasteiger partial charge in [-0.3, -0.25) is 14.6 Å². The van der Waals surface area contributed by atoms with Crippen LogP contribution >= 0.6 is 15.9 Å². The van der Waals surface area contributed by atoms with Crippen molar-refractivity contribution < 1.29 is 9.59 Å². The molecule has 2 atom stereocenters. The number of allylic oxidation sites excluding steroid dienone is 2. The van der Waals surface area contributed by atoms with E-state index in [9.17, 15) is 9.59 Å². The first-order valence-corrected chi connectivity index (χ1v) is 9.68. The maximum Gasteiger partial charge on any atom is 0.173 e. The number of aliphatic imine (C=N–C) groups is 1. The molecule has 0 saturated carbocycles. The maximum absolute atomic E-state index is 13.2. The number of carbonyl (C=O) groups is 2. The van der Waals surface area contributed by atoms with Gasteiger partial charge >= 0.3 is 0 Å². The largest absolute Gasteiger partial charge is 0.294 e. The van der Waals surface area contributed by atoms with E-state index in [0.717, 1.165) is 51.0 Å². The molecule has 128 valence electrons. The van der Waals surface area contributed by atoms with Crippen molar-refractivity contribution in [2.24, 2.45) is 10.9 Å². The molecule has 0 saturated heterocycles. The summed E-state index contributed by atoms with van der Waals surface area (Å²) in [4.78, 5) is 30.9. The van der Waals surface area contributed by atoms with Gasteiger partial charge in [-0.1, -0.05) is 52.3 Å². The number of nitrogens with zero attached hydrogens (tertiary/aromatic N) is 1. The summed E-state index contributed by atoms with van der Waals surface area (Å²) in [5.41, 5.74) is 5.14. The molecule has 2 unspecified atom stereocenters. The summed E-state index contributed by atoms with van der Waals surface area (Å²) in [5.74, 6) is -0.407. The summed E-state index contributed by atoms with van der Waals surface area (Å²) >= 11 is 3.47. The minimum Gasteiger partial charge on any atom is -0.294 e. The number of hydrogen-bond donors (Lipinski definition) is 0. The van der Waals surface area contributed by atoms with Gasteiger partial charge in [0.1, 0.15) is 0 Å². The first-order valence-electron chi connectivity index (χ1n) is 8.89. The molecule has 4 heteroatoms. The van der Waals surface area contributed by atoms with Crippen molar-refractivity contribution in [2.75, 3.05) is 0 Å². The fourth-order valence-corrected chi connectivity index (χ4v) is 4.74. The number of fused-ring (bicyclic) bond motifs is 3. The lowest BCUT2D eigenvalue weighted by molar-refractivity contribution is -0.116. The molecule has 1 aliphatic heterocycles. The van der Waals surface area contributed by atoms with E-state index >= 15 is 0 Å². The zero-order chi connectivity index (χ0) is 17.8. The van der Waals surface area contributed by atoms with Crippen molar-refractivity contribution in [1.82, 2.24) is 0 Å². The van der Waals surface area contributed by atoms with E-state index in [1.54, 1.807) is 0 Å². The Hall–Kier alpha value is -2.33. The fraction of sp³-hybridized carbons (Fsp3) is 0.227. The smallest absolute Gasteiger partial charge is 0.173 e. The highest BCUT2D eigenvalue weighted by molar-refractivity contribution is 9.10. The van der Waals surface area contributed by atoms with Crippen LogP contribution in [0.1, 0.15) is 46.7 Å². The second-order valence-electron chi connectivity index (χ2n) is 7.05. The van der Waals surface area contributed by atoms with Gasteiger partial charge in [0.2, 0.25) is 0 Å². The van der Waals surface area contributed by atoms with Crippen molar-refractivity contribution in [3.8, 4) is 0 Å². The standard InChI is InChI=1S/C22H16BrNO2/c23-13-10-8-12(9-11-13)18-19-16(6-3-7-17(19)25)24-21-14-4-1-2-5-15(14)22(26)20(18)21/h1-2,4-5,8-11,18,20H,3,6-7H2. The molecule has 3 aliphatic rings. The maximum atomic E-state index is 13.2. The van der Waals surface area contributed by atoms with Crippen LogP contribution in [0.3, 0.4) is 0 Å². The Morgan fingerprint density at radius 1 is 0.885 bits per heavy atom. The average molecular weight is 406 g/mol. The molecule has 0 spiro atoms. The van der Waals surface area contributed by atoms with E-state index in [2.05, 4.69) is 15.9 Å². The molecule has 0 radical (unpaired) electrons. The van der Waals surface area contributed by atoms with Crippen molar-refractivity contribution >= 4 is 33.2 Å². The lowest BCUT2D eigenvalue weighted by Gasteiger charge is -2.33. The Bertz CT molecular complexity index is 1020. The van der Waals surface area contributed by atoms with Crippen molar-refractivity contribution in [3.63, 3.8) is 0 Å². The molecule has 2 aromatic rings. The van der Waals surface area contributed by atoms with E-state index in [4.69, 9.17) is 4.99 Å². The van der Waals surface area contributed by atoms with E-state index in [-0.39, 0.29) is 17.5 Å². The second-order valence-corrected chi connectivity index (χ2v) is 7.97. The second kappa shape index (κ2) is 5.85. The molecule has 2 aliphatic carbocycles. The number of ketones is 2. The summed E-state index contributed by atoms with van der Waals surface area (Å²) in [6.45, 7) is 0. The molecule has 0 fully saturated rings. The number of Topliss-reactive ketones (excluding diaryl/α,β-unsaturated/α-hetero) is 2. The van der Waals surface area contributed by atoms with Crippen molar-refractivity contribution in [3.05, 3.63) is 81.0 Å². The molecule has 0 bridgehead atoms. The van der Waals surface area contributed by atoms with Gasteiger partial charge in [-0.25, -0.2) is 0 Å². The summed E-state index contributed by atoms with van der Waals surface area (Å²) in [7, 11) is 0. The van der Waals surface area contributed by atoms with Crippen LogP contribution in [0.5, 0.6) is 0 Å². The number of benzene rings is 2. The van der Waals surface area contributed by atoms with Crippen molar-refractivity contribution in [1.29, 1.82) is 0 Å². The number of carbonyl (C=O) groups excluding carboxylic acids is 2. The normalized spacial score (nSPS) is 24.1. The van der Waals surface area contributed by atoms with Gasteiger partial charge in [0.25, 0.3) is 0 Å². The van der Waals surface area contributed by atoms with Gasteiger partial charge in [0.15, 0.2) is 11.6 Å². The highest BCUT2D eigenvalue weighted by atomic mass is 79.9. The molecule has 0 N–H and O–H groups in total. The van der Waals surface area contributed by atoms with Crippen LogP contribution in [0.2, 0.25) is 0 Å². The Morgan fingerprint density at radius 2 is 1.62 bits per heavy atom. The lowest BCUT2D eigenvalue weighted by atomic mass is 9.71. The average Bonchev–Trinajstić information content (AvgIpc) is 2.94. The Labute approximate surface area is 160 Å². The summed E-state index contributed by atoms with van der Waals surface area (Å²) in [6, 6.07) is 15.7. The van der Waals surface area contributed by atoms with E-state index in [1.807, 2.05) is 48.5 Å². The Balaban J connectivity index is 1.76. The highest BCUT2D eigenvalue weighted by Gasteiger charge is 2.48. The van der Waals surface area contributed by atoms with Crippen LogP contribution < -0.4 is 0 Å². The quantitative estimate of drug-likeness (QED) is 0.680. The number of halogens is 1. The van der Waals surface area contributed by atoms with Gasteiger partial charge in [0.05, 0.1) is 11.6 Å². The summed E-state index contributed by atoms with van der Waals surface area (Å²) in [6.07, 6.45) is 2.19. The Morgan fingerprint density at radius 3 is 2.38 bits per heavy atom. The van der Waals surface area contributed by atoms with Crippen LogP contribution in [-0.2, 0) is 4.79 Å². The van der Waals surface area contributed by atoms with Crippen LogP contribution in [0.25, 0.3) is 0 Å². The van der Waals surface area contributed by atoms with E-state index in [0.29, 0.717) is 6.42 Å². The van der Waals surface area contributed by atoms with Gasteiger partial charge in [0, 0.05) is 39.2 Å². The SMILES string of the molecule is O=C1CCCC2=C1C(c1ccc(Br)cc1)C1C(=O)c3ccccc3C1=N2. The van der Waals surface area contributed by atoms with Crippen LogP contribution in [0.4, 0.5) is 0 Å². The molecule has 26 heavy (non-hydrogen) atoms. The van der Waals surface area contributed by atoms with Gasteiger partial charge in [-0.05, 0) is 30.5 Å². The van der Waals surface area contributed by atoms with Crippen LogP contribution in [0, 0.1) is 5.92 Å². The molecule has 5 rings (SSSR count). The molecular weight excluding hydrogens is 390 g/mol. The van der Waals surface area contributed by atoms with Gasteiger partial charge in [-0.2, -0.15) is 0 Å². The molecule has 0 amide bonds. The van der Waals surface area contributed by atoms with Crippen molar-refractivity contribution in [2.45, 2.75) is 25.2 Å². The first-order chi connectivity index (χ1) is 12.6. The molecule has 2 aromatic carbocycles. The summed E-state index contributed by atoms with van der Waals surface area (Å²) < 4.78 is 0.983. The fourth-order valence-electron chi connectivity index (χ4n) is 4.48. The molecular formula is C22H16BrNO2. The number of rotatable bonds is 1. The lowest BCUT2D eigenvalue weighted by Crippen LogP contribution is -2.33. The monoisotopic (exact) mass is 405 g/mol. The zero-order valence-electron chi connectivity index (χ0n) is 14.0. The first kappa shape index (κ1) is 15.9. The predicted octanol–water partition coefficient (Wildman–Crippen LogP) is 4.86. The topological polar surface area (TPSA) is 46.5 Å². The minimum absolute atomic E-state index is 0.0807. The molecule has 3 nitrogen and oxygen atoms in total. The third-order valence-electron chi connectivity index (χ3n) is 5.60. The summed E-state index contributed by atoms with van der Waals surface area (Å²) in [5, 5.41) is 0. The minimum atomic E-state index is -0.394. The predicted molar refractivity (Wildman–Crippen MR) is 104 cm³/mol. The van der Waals surface area contributed by atoms with Crippen LogP contribution in [0.15, 0.2) is 69.3 Å². The van der Waals surface area contributed by atoms with Crippen LogP contribution in [-0.4, -0.2) is 17.3 Å². The molecule has 1 heterocycles. The highest BCUT2D eigenvalue weighted by Crippen LogP contribution is 2.48. The Kier molecular flexibility index (Phi) is 3.57. The zero-order valence-corrected chi connectivity index (χ0v) is 15.6. The van der Waals surface area contributed by atoms with E-state index in [1.165, 1.54) is 0 Å². The molecule has 0 aromatic heterocycles.